The third-order valence-corrected chi connectivity index (χ3v) is 3.24. The highest BCUT2D eigenvalue weighted by Gasteiger charge is 2.23. The first kappa shape index (κ1) is 10.2. The summed E-state index contributed by atoms with van der Waals surface area (Å²) in [5, 5.41) is 6.53. The highest BCUT2D eigenvalue weighted by Crippen LogP contribution is 2.15. The molecule has 0 saturated carbocycles. The summed E-state index contributed by atoms with van der Waals surface area (Å²) >= 11 is 3.11. The minimum Gasteiger partial charge on any atom is -0.469 e. The maximum atomic E-state index is 11.0. The first-order valence-electron chi connectivity index (χ1n) is 3.18. The first-order valence-corrected chi connectivity index (χ1v) is 5.46. The summed E-state index contributed by atoms with van der Waals surface area (Å²) in [6.45, 7) is 0. The molecule has 1 aromatic rings. The molecule has 0 bridgehead atoms. The van der Waals surface area contributed by atoms with Crippen LogP contribution in [0.2, 0.25) is 0 Å². The van der Waals surface area contributed by atoms with E-state index in [0.29, 0.717) is 4.47 Å². The van der Waals surface area contributed by atoms with Crippen LogP contribution >= 0.6 is 15.9 Å². The van der Waals surface area contributed by atoms with Crippen LogP contribution in [0, 0.1) is 0 Å². The highest BCUT2D eigenvalue weighted by molar-refractivity contribution is 9.10. The molecule has 1 N–H and O–H groups in total. The summed E-state index contributed by atoms with van der Waals surface area (Å²) in [4.78, 5) is 10.1. The maximum absolute atomic E-state index is 11.0. The van der Waals surface area contributed by atoms with E-state index in [9.17, 15) is 13.2 Å². The molecule has 0 radical (unpaired) electrons. The minimum atomic E-state index is -4.20. The van der Waals surface area contributed by atoms with Gasteiger partial charge in [0.25, 0.3) is 9.84 Å². The van der Waals surface area contributed by atoms with E-state index < -0.39 is 15.1 Å². The van der Waals surface area contributed by atoms with Crippen molar-refractivity contribution in [2.75, 3.05) is 0 Å². The van der Waals surface area contributed by atoms with E-state index in [-0.39, 0.29) is 4.90 Å². The summed E-state index contributed by atoms with van der Waals surface area (Å²) in [6.07, 6.45) is 0. The maximum Gasteiger partial charge on any atom is 0.427 e. The van der Waals surface area contributed by atoms with Gasteiger partial charge in [0.1, 0.15) is 0 Å². The molecule has 6 heteroatoms. The Labute approximate surface area is 83.2 Å². The van der Waals surface area contributed by atoms with Crippen LogP contribution in [0.5, 0.6) is 0 Å². The van der Waals surface area contributed by atoms with E-state index in [2.05, 4.69) is 15.9 Å². The second-order valence-corrected chi connectivity index (χ2v) is 4.97. The van der Waals surface area contributed by atoms with Crippen LogP contribution in [0.4, 0.5) is 4.79 Å². The molecule has 1 aromatic carbocycles. The van der Waals surface area contributed by atoms with Crippen molar-refractivity contribution in [3.63, 3.8) is 0 Å². The van der Waals surface area contributed by atoms with E-state index in [1.807, 2.05) is 0 Å². The number of carbonyl (C=O) groups is 1. The zero-order valence-corrected chi connectivity index (χ0v) is 8.67. The smallest absolute Gasteiger partial charge is 0.427 e. The van der Waals surface area contributed by atoms with Gasteiger partial charge in [-0.25, -0.2) is 13.2 Å². The molecule has 1 rings (SSSR count). The van der Waals surface area contributed by atoms with Gasteiger partial charge in [-0.3, -0.25) is 0 Å². The molecule has 0 saturated heterocycles. The quantitative estimate of drug-likeness (QED) is 0.841. The molecule has 0 aromatic heterocycles. The van der Waals surface area contributed by atoms with Crippen molar-refractivity contribution in [2.45, 2.75) is 4.90 Å². The SMILES string of the molecule is O=C(O)S(=O)(=O)c1ccc(Br)cc1. The molecule has 0 atom stereocenters. The number of rotatable bonds is 1. The summed E-state index contributed by atoms with van der Waals surface area (Å²) in [5.74, 6) is 0. The number of carboxylic acid groups (broad SMARTS) is 1. The Morgan fingerprint density at radius 2 is 1.69 bits per heavy atom. The van der Waals surface area contributed by atoms with E-state index >= 15 is 0 Å². The normalized spacial score (nSPS) is 11.2. The van der Waals surface area contributed by atoms with Crippen molar-refractivity contribution in [2.24, 2.45) is 0 Å². The summed E-state index contributed by atoms with van der Waals surface area (Å²) < 4.78 is 22.7. The number of sulfone groups is 1. The van der Waals surface area contributed by atoms with Gasteiger partial charge in [0.2, 0.25) is 0 Å². The number of benzene rings is 1. The monoisotopic (exact) mass is 264 g/mol. The number of halogens is 1. The third-order valence-electron chi connectivity index (χ3n) is 1.35. The molecule has 0 aliphatic heterocycles. The molecule has 0 spiro atoms. The largest absolute Gasteiger partial charge is 0.469 e. The molecular weight excluding hydrogens is 260 g/mol. The van der Waals surface area contributed by atoms with Crippen LogP contribution in [0.15, 0.2) is 33.6 Å². The van der Waals surface area contributed by atoms with Crippen molar-refractivity contribution < 1.29 is 18.3 Å². The fourth-order valence-corrected chi connectivity index (χ4v) is 1.67. The fourth-order valence-electron chi connectivity index (χ4n) is 0.715. The Hall–Kier alpha value is -0.880. The lowest BCUT2D eigenvalue weighted by Crippen LogP contribution is -2.11. The van der Waals surface area contributed by atoms with Gasteiger partial charge in [-0.15, -0.1) is 0 Å². The van der Waals surface area contributed by atoms with E-state index in [4.69, 9.17) is 5.11 Å². The molecule has 0 amide bonds. The fraction of sp³-hybridized carbons (Fsp3) is 0. The second-order valence-electron chi connectivity index (χ2n) is 2.22. The van der Waals surface area contributed by atoms with Crippen molar-refractivity contribution >= 4 is 31.1 Å². The van der Waals surface area contributed by atoms with Gasteiger partial charge >= 0.3 is 5.30 Å². The van der Waals surface area contributed by atoms with Crippen LogP contribution < -0.4 is 0 Å². The van der Waals surface area contributed by atoms with E-state index in [1.165, 1.54) is 24.3 Å². The summed E-state index contributed by atoms with van der Waals surface area (Å²) in [6, 6.07) is 5.40. The van der Waals surface area contributed by atoms with Gasteiger partial charge in [-0.05, 0) is 24.3 Å². The minimum absolute atomic E-state index is 0.219. The lowest BCUT2D eigenvalue weighted by molar-refractivity contribution is 0.219. The van der Waals surface area contributed by atoms with Gasteiger partial charge in [-0.2, -0.15) is 0 Å². The second kappa shape index (κ2) is 3.47. The number of hydrogen-bond donors (Lipinski definition) is 1. The third kappa shape index (κ3) is 2.07. The Morgan fingerprint density at radius 3 is 2.08 bits per heavy atom. The lowest BCUT2D eigenvalue weighted by Gasteiger charge is -1.97. The van der Waals surface area contributed by atoms with Crippen LogP contribution in [-0.2, 0) is 9.84 Å². The molecule has 0 aliphatic carbocycles. The standard InChI is InChI=1S/C7H5BrO4S/c8-5-1-3-6(4-2-5)13(11,12)7(9)10/h1-4H,(H,9,10). The number of hydrogen-bond acceptors (Lipinski definition) is 3. The van der Waals surface area contributed by atoms with Crippen molar-refractivity contribution in [3.8, 4) is 0 Å². The van der Waals surface area contributed by atoms with Crippen molar-refractivity contribution in [1.82, 2.24) is 0 Å². The topological polar surface area (TPSA) is 71.4 Å². The lowest BCUT2D eigenvalue weighted by atomic mass is 10.4. The average Bonchev–Trinajstić information content (AvgIpc) is 2.04. The van der Waals surface area contributed by atoms with Crippen LogP contribution in [0.25, 0.3) is 0 Å². The molecule has 0 heterocycles. The molecule has 4 nitrogen and oxygen atoms in total. The van der Waals surface area contributed by atoms with Gasteiger partial charge in [0.05, 0.1) is 4.90 Å². The Morgan fingerprint density at radius 1 is 1.23 bits per heavy atom. The average molecular weight is 265 g/mol. The predicted octanol–water partition coefficient (Wildman–Crippen LogP) is 1.90. The van der Waals surface area contributed by atoms with E-state index in [0.717, 1.165) is 0 Å². The molecule has 0 aliphatic rings. The molecule has 0 unspecified atom stereocenters. The predicted molar refractivity (Wildman–Crippen MR) is 49.4 cm³/mol. The zero-order valence-electron chi connectivity index (χ0n) is 6.27. The van der Waals surface area contributed by atoms with Gasteiger partial charge in [0.15, 0.2) is 0 Å². The van der Waals surface area contributed by atoms with Crippen molar-refractivity contribution in [1.29, 1.82) is 0 Å². The highest BCUT2D eigenvalue weighted by atomic mass is 79.9. The van der Waals surface area contributed by atoms with Crippen molar-refractivity contribution in [3.05, 3.63) is 28.7 Å². The van der Waals surface area contributed by atoms with Gasteiger partial charge in [-0.1, -0.05) is 15.9 Å². The van der Waals surface area contributed by atoms with Crippen LogP contribution in [0.1, 0.15) is 0 Å². The Balaban J connectivity index is 3.25. The Bertz CT molecular complexity index is 420. The van der Waals surface area contributed by atoms with Gasteiger partial charge in [0, 0.05) is 4.47 Å². The Kier molecular flexibility index (Phi) is 2.72. The van der Waals surface area contributed by atoms with Crippen LogP contribution in [0.3, 0.4) is 0 Å². The van der Waals surface area contributed by atoms with Crippen LogP contribution in [-0.4, -0.2) is 18.8 Å². The molecular formula is C7H5BrO4S. The molecule has 70 valence electrons. The van der Waals surface area contributed by atoms with E-state index in [1.54, 1.807) is 0 Å². The van der Waals surface area contributed by atoms with Gasteiger partial charge < -0.3 is 5.11 Å². The molecule has 13 heavy (non-hydrogen) atoms. The summed E-state index contributed by atoms with van der Waals surface area (Å²) in [7, 11) is -4.20. The first-order chi connectivity index (χ1) is 5.94. The molecule has 0 fully saturated rings. The zero-order chi connectivity index (χ0) is 10.1. The summed E-state index contributed by atoms with van der Waals surface area (Å²) in [5.41, 5.74) is 0.